The summed E-state index contributed by atoms with van der Waals surface area (Å²) in [5, 5.41) is 9.75. The molecule has 0 aliphatic carbocycles. The standard InChI is InChI=1S/C12H16ClN3O3/c1-7(17)8-2-3-10(9(13)4-8)16(5-11(14)18)6-12(15)19/h2-4,7,17H,5-6H2,1H3,(H2,14,18)(H2,15,19). The van der Waals surface area contributed by atoms with E-state index in [4.69, 9.17) is 23.1 Å². The number of halogens is 1. The fourth-order valence-electron chi connectivity index (χ4n) is 1.64. The average molecular weight is 286 g/mol. The van der Waals surface area contributed by atoms with E-state index in [1.807, 2.05) is 0 Å². The van der Waals surface area contributed by atoms with Crippen molar-refractivity contribution in [3.63, 3.8) is 0 Å². The number of hydrogen-bond donors (Lipinski definition) is 3. The van der Waals surface area contributed by atoms with Gasteiger partial charge >= 0.3 is 0 Å². The molecule has 0 bridgehead atoms. The molecule has 0 spiro atoms. The molecule has 0 aliphatic rings. The van der Waals surface area contributed by atoms with E-state index in [0.717, 1.165) is 0 Å². The predicted octanol–water partition coefficient (Wildman–Crippen LogP) is 0.170. The molecule has 7 heteroatoms. The second-order valence-corrected chi connectivity index (χ2v) is 4.58. The van der Waals surface area contributed by atoms with Crippen molar-refractivity contribution in [3.8, 4) is 0 Å². The molecule has 2 amide bonds. The number of carbonyl (C=O) groups is 2. The van der Waals surface area contributed by atoms with Crippen LogP contribution >= 0.6 is 11.6 Å². The lowest BCUT2D eigenvalue weighted by atomic mass is 10.1. The van der Waals surface area contributed by atoms with Gasteiger partial charge in [0.1, 0.15) is 0 Å². The summed E-state index contributed by atoms with van der Waals surface area (Å²) in [6.45, 7) is 1.27. The van der Waals surface area contributed by atoms with Crippen molar-refractivity contribution < 1.29 is 14.7 Å². The van der Waals surface area contributed by atoms with Gasteiger partial charge in [-0.2, -0.15) is 0 Å². The zero-order valence-corrected chi connectivity index (χ0v) is 11.2. The van der Waals surface area contributed by atoms with Gasteiger partial charge in [-0.15, -0.1) is 0 Å². The molecular formula is C12H16ClN3O3. The number of aliphatic hydroxyl groups is 1. The van der Waals surface area contributed by atoms with Crippen LogP contribution in [0.4, 0.5) is 5.69 Å². The number of benzene rings is 1. The zero-order valence-electron chi connectivity index (χ0n) is 10.5. The van der Waals surface area contributed by atoms with Crippen LogP contribution < -0.4 is 16.4 Å². The Bertz CT molecular complexity index is 475. The highest BCUT2D eigenvalue weighted by Crippen LogP contribution is 2.28. The quantitative estimate of drug-likeness (QED) is 0.692. The van der Waals surface area contributed by atoms with E-state index in [1.165, 1.54) is 4.90 Å². The summed E-state index contributed by atoms with van der Waals surface area (Å²) in [6.07, 6.45) is -0.660. The summed E-state index contributed by atoms with van der Waals surface area (Å²) < 4.78 is 0. The van der Waals surface area contributed by atoms with Crippen LogP contribution in [0, 0.1) is 0 Å². The summed E-state index contributed by atoms with van der Waals surface area (Å²) in [5.41, 5.74) is 11.3. The molecular weight excluding hydrogens is 270 g/mol. The highest BCUT2D eigenvalue weighted by molar-refractivity contribution is 6.33. The van der Waals surface area contributed by atoms with E-state index in [1.54, 1.807) is 25.1 Å². The fourth-order valence-corrected chi connectivity index (χ4v) is 1.95. The van der Waals surface area contributed by atoms with Crippen LogP contribution in [0.3, 0.4) is 0 Å². The maximum absolute atomic E-state index is 11.0. The molecule has 0 heterocycles. The van der Waals surface area contributed by atoms with Crippen molar-refractivity contribution in [1.29, 1.82) is 0 Å². The SMILES string of the molecule is CC(O)c1ccc(N(CC(N)=O)CC(N)=O)c(Cl)c1. The first-order chi connectivity index (χ1) is 8.81. The van der Waals surface area contributed by atoms with E-state index >= 15 is 0 Å². The van der Waals surface area contributed by atoms with Gasteiger partial charge in [0.05, 0.1) is 29.9 Å². The third-order valence-corrected chi connectivity index (χ3v) is 2.79. The molecule has 6 nitrogen and oxygen atoms in total. The maximum atomic E-state index is 11.0. The number of amides is 2. The summed E-state index contributed by atoms with van der Waals surface area (Å²) in [6, 6.07) is 4.83. The van der Waals surface area contributed by atoms with Crippen molar-refractivity contribution in [3.05, 3.63) is 28.8 Å². The van der Waals surface area contributed by atoms with Gasteiger partial charge in [-0.3, -0.25) is 9.59 Å². The van der Waals surface area contributed by atoms with Crippen molar-refractivity contribution in [1.82, 2.24) is 0 Å². The van der Waals surface area contributed by atoms with Gasteiger partial charge in [-0.1, -0.05) is 17.7 Å². The number of nitrogens with two attached hydrogens (primary N) is 2. The Balaban J connectivity index is 3.07. The Labute approximate surface area is 115 Å². The van der Waals surface area contributed by atoms with Gasteiger partial charge in [0.15, 0.2) is 0 Å². The average Bonchev–Trinajstić information content (AvgIpc) is 2.26. The minimum Gasteiger partial charge on any atom is -0.389 e. The van der Waals surface area contributed by atoms with Crippen LogP contribution in [0.5, 0.6) is 0 Å². The van der Waals surface area contributed by atoms with Crippen LogP contribution in [0.2, 0.25) is 5.02 Å². The molecule has 1 aromatic carbocycles. The molecule has 104 valence electrons. The Morgan fingerprint density at radius 2 is 1.84 bits per heavy atom. The smallest absolute Gasteiger partial charge is 0.236 e. The number of rotatable bonds is 6. The summed E-state index contributed by atoms with van der Waals surface area (Å²) in [7, 11) is 0. The second kappa shape index (κ2) is 6.40. The van der Waals surface area contributed by atoms with Gasteiger partial charge < -0.3 is 21.5 Å². The highest BCUT2D eigenvalue weighted by Gasteiger charge is 2.16. The van der Waals surface area contributed by atoms with Crippen LogP contribution in [0.1, 0.15) is 18.6 Å². The normalized spacial score (nSPS) is 11.9. The topological polar surface area (TPSA) is 110 Å². The number of nitrogens with zero attached hydrogens (tertiary/aromatic N) is 1. The van der Waals surface area contributed by atoms with Gasteiger partial charge in [0.2, 0.25) is 11.8 Å². The van der Waals surface area contributed by atoms with E-state index < -0.39 is 17.9 Å². The minimum atomic E-state index is -0.660. The molecule has 0 fully saturated rings. The first-order valence-corrected chi connectivity index (χ1v) is 5.98. The second-order valence-electron chi connectivity index (χ2n) is 4.18. The lowest BCUT2D eigenvalue weighted by Gasteiger charge is -2.23. The van der Waals surface area contributed by atoms with Gasteiger partial charge in [-0.05, 0) is 24.6 Å². The van der Waals surface area contributed by atoms with Gasteiger partial charge in [0, 0.05) is 0 Å². The molecule has 0 aromatic heterocycles. The van der Waals surface area contributed by atoms with Crippen LogP contribution in [0.25, 0.3) is 0 Å². The Hall–Kier alpha value is -1.79. The summed E-state index contributed by atoms with van der Waals surface area (Å²) in [4.78, 5) is 23.4. The lowest BCUT2D eigenvalue weighted by molar-refractivity contribution is -0.117. The molecule has 0 radical (unpaired) electrons. The Kier molecular flexibility index (Phi) is 5.14. The summed E-state index contributed by atoms with van der Waals surface area (Å²) in [5.74, 6) is -1.20. The molecule has 5 N–H and O–H groups in total. The van der Waals surface area contributed by atoms with Crippen LogP contribution in [-0.4, -0.2) is 30.0 Å². The number of anilines is 1. The molecule has 0 saturated carbocycles. The van der Waals surface area contributed by atoms with E-state index in [0.29, 0.717) is 16.3 Å². The van der Waals surface area contributed by atoms with Crippen LogP contribution in [0.15, 0.2) is 18.2 Å². The number of hydrogen-bond acceptors (Lipinski definition) is 4. The number of aliphatic hydroxyl groups excluding tert-OH is 1. The van der Waals surface area contributed by atoms with Gasteiger partial charge in [-0.25, -0.2) is 0 Å². The largest absolute Gasteiger partial charge is 0.389 e. The fraction of sp³-hybridized carbons (Fsp3) is 0.333. The van der Waals surface area contributed by atoms with Crippen molar-refractivity contribution in [2.75, 3.05) is 18.0 Å². The zero-order chi connectivity index (χ0) is 14.6. The van der Waals surface area contributed by atoms with Crippen LogP contribution in [-0.2, 0) is 9.59 Å². The Morgan fingerprint density at radius 3 is 2.21 bits per heavy atom. The van der Waals surface area contributed by atoms with Crippen molar-refractivity contribution in [2.45, 2.75) is 13.0 Å². The monoisotopic (exact) mass is 285 g/mol. The molecule has 19 heavy (non-hydrogen) atoms. The van der Waals surface area contributed by atoms with E-state index in [9.17, 15) is 14.7 Å². The first kappa shape index (κ1) is 15.3. The highest BCUT2D eigenvalue weighted by atomic mass is 35.5. The maximum Gasteiger partial charge on any atom is 0.236 e. The number of primary amides is 2. The predicted molar refractivity (Wildman–Crippen MR) is 72.7 cm³/mol. The lowest BCUT2D eigenvalue weighted by Crippen LogP contribution is -2.39. The molecule has 1 atom stereocenters. The minimum absolute atomic E-state index is 0.170. The molecule has 1 unspecified atom stereocenters. The Morgan fingerprint density at radius 1 is 1.32 bits per heavy atom. The number of carbonyl (C=O) groups excluding carboxylic acids is 2. The van der Waals surface area contributed by atoms with E-state index in [2.05, 4.69) is 0 Å². The summed E-state index contributed by atoms with van der Waals surface area (Å²) >= 11 is 6.08. The molecule has 1 aromatic rings. The first-order valence-electron chi connectivity index (χ1n) is 5.60. The van der Waals surface area contributed by atoms with Crippen molar-refractivity contribution in [2.24, 2.45) is 11.5 Å². The third-order valence-electron chi connectivity index (χ3n) is 2.49. The van der Waals surface area contributed by atoms with Crippen molar-refractivity contribution >= 4 is 29.1 Å². The molecule has 1 rings (SSSR count). The van der Waals surface area contributed by atoms with Gasteiger partial charge in [0.25, 0.3) is 0 Å². The molecule has 0 aliphatic heterocycles. The molecule has 0 saturated heterocycles. The third kappa shape index (κ3) is 4.42. The van der Waals surface area contributed by atoms with E-state index in [-0.39, 0.29) is 13.1 Å².